The maximum absolute atomic E-state index is 11.9. The number of hydrogen-bond acceptors (Lipinski definition) is 6. The Morgan fingerprint density at radius 2 is 2.07 bits per heavy atom. The molecule has 0 aromatic carbocycles. The van der Waals surface area contributed by atoms with Crippen LogP contribution in [0, 0.1) is 6.92 Å². The number of nitrogens with zero attached hydrogens (tertiary/aromatic N) is 3. The molecule has 0 bridgehead atoms. The zero-order valence-electron chi connectivity index (χ0n) is 17.8. The van der Waals surface area contributed by atoms with Crippen LogP contribution in [0.1, 0.15) is 15.8 Å². The number of ether oxygens (including phenoxy) is 1. The minimum absolute atomic E-state index is 0. The molecule has 7 nitrogen and oxygen atoms in total. The molecule has 1 atom stereocenters. The summed E-state index contributed by atoms with van der Waals surface area (Å²) in [6.07, 6.45) is 2.08. The molecule has 1 saturated heterocycles. The van der Waals surface area contributed by atoms with Crippen molar-refractivity contribution in [3.63, 3.8) is 0 Å². The first-order chi connectivity index (χ1) is 13.5. The molecule has 10 heteroatoms. The van der Waals surface area contributed by atoms with Crippen LogP contribution in [0.25, 0.3) is 0 Å². The molecule has 1 aromatic rings. The van der Waals surface area contributed by atoms with Crippen molar-refractivity contribution in [3.8, 4) is 0 Å². The van der Waals surface area contributed by atoms with E-state index in [0.29, 0.717) is 5.96 Å². The van der Waals surface area contributed by atoms with Crippen molar-refractivity contribution < 1.29 is 9.53 Å². The summed E-state index contributed by atoms with van der Waals surface area (Å²) in [4.78, 5) is 23.1. The molecule has 1 unspecified atom stereocenters. The van der Waals surface area contributed by atoms with E-state index in [1.807, 2.05) is 11.3 Å². The Labute approximate surface area is 200 Å². The van der Waals surface area contributed by atoms with Gasteiger partial charge >= 0.3 is 0 Å². The van der Waals surface area contributed by atoms with Crippen LogP contribution in [0.4, 0.5) is 0 Å². The molecule has 1 aromatic heterocycles. The Kier molecular flexibility index (Phi) is 13.2. The van der Waals surface area contributed by atoms with Gasteiger partial charge in [-0.05, 0) is 25.3 Å². The van der Waals surface area contributed by atoms with Crippen molar-refractivity contribution in [2.45, 2.75) is 13.0 Å². The Bertz CT molecular complexity index is 636. The zero-order valence-corrected chi connectivity index (χ0v) is 21.7. The van der Waals surface area contributed by atoms with Gasteiger partial charge in [0, 0.05) is 55.8 Å². The predicted octanol–water partition coefficient (Wildman–Crippen LogP) is 2.03. The number of guanidine groups is 1. The summed E-state index contributed by atoms with van der Waals surface area (Å²) in [6, 6.07) is 4.66. The van der Waals surface area contributed by atoms with E-state index in [2.05, 4.69) is 45.8 Å². The molecule has 166 valence electrons. The van der Waals surface area contributed by atoms with Gasteiger partial charge in [0.15, 0.2) is 5.96 Å². The Morgan fingerprint density at radius 3 is 2.66 bits per heavy atom. The third-order valence-corrected chi connectivity index (χ3v) is 6.22. The van der Waals surface area contributed by atoms with Crippen LogP contribution in [-0.4, -0.2) is 93.7 Å². The number of nitrogens with one attached hydrogen (secondary N) is 2. The second kappa shape index (κ2) is 14.4. The number of rotatable bonds is 9. The first-order valence-electron chi connectivity index (χ1n) is 9.60. The van der Waals surface area contributed by atoms with Gasteiger partial charge in [-0.1, -0.05) is 0 Å². The van der Waals surface area contributed by atoms with Crippen LogP contribution < -0.4 is 10.6 Å². The number of hydrogen-bond donors (Lipinski definition) is 2. The lowest BCUT2D eigenvalue weighted by atomic mass is 10.2. The predicted molar refractivity (Wildman–Crippen MR) is 135 cm³/mol. The highest BCUT2D eigenvalue weighted by Crippen LogP contribution is 2.27. The molecule has 1 aliphatic rings. The standard InChI is InChI=1S/C19H33N5O2S2.HI/c1-15-5-6-17(28-15)16(24-8-10-26-11-9-24)13-21-19(20-7-12-27-4)22-14-18(25)23(2)3;/h5-6,16H,7-14H2,1-4H3,(H2,20,21,22);1H. The molecular weight excluding hydrogens is 521 g/mol. The maximum atomic E-state index is 11.9. The van der Waals surface area contributed by atoms with Gasteiger partial charge in [-0.15, -0.1) is 35.3 Å². The van der Waals surface area contributed by atoms with Gasteiger partial charge in [0.05, 0.1) is 19.3 Å². The van der Waals surface area contributed by atoms with Crippen molar-refractivity contribution in [1.29, 1.82) is 0 Å². The number of halogens is 1. The SMILES string of the molecule is CSCCNC(=NCC(=O)N(C)C)NCC(c1ccc(C)s1)N1CCOCC1.I. The van der Waals surface area contributed by atoms with E-state index < -0.39 is 0 Å². The number of thiophene rings is 1. The van der Waals surface area contributed by atoms with Crippen molar-refractivity contribution in [2.24, 2.45) is 4.99 Å². The topological polar surface area (TPSA) is 69.2 Å². The first kappa shape index (κ1) is 26.5. The lowest BCUT2D eigenvalue weighted by Gasteiger charge is -2.34. The van der Waals surface area contributed by atoms with Gasteiger partial charge in [-0.2, -0.15) is 11.8 Å². The van der Waals surface area contributed by atoms with Crippen LogP contribution >= 0.6 is 47.1 Å². The molecule has 2 heterocycles. The van der Waals surface area contributed by atoms with E-state index in [9.17, 15) is 4.79 Å². The summed E-state index contributed by atoms with van der Waals surface area (Å²) < 4.78 is 5.53. The molecule has 1 fully saturated rings. The van der Waals surface area contributed by atoms with Gasteiger partial charge in [0.25, 0.3) is 0 Å². The summed E-state index contributed by atoms with van der Waals surface area (Å²) in [5, 5.41) is 6.80. The fourth-order valence-electron chi connectivity index (χ4n) is 2.86. The average molecular weight is 556 g/mol. The lowest BCUT2D eigenvalue weighted by molar-refractivity contribution is -0.127. The molecule has 2 rings (SSSR count). The molecule has 0 aliphatic carbocycles. The summed E-state index contributed by atoms with van der Waals surface area (Å²) >= 11 is 3.62. The Balaban J connectivity index is 0.00000420. The smallest absolute Gasteiger partial charge is 0.243 e. The normalized spacial score (nSPS) is 16.1. The van der Waals surface area contributed by atoms with Crippen LogP contribution in [0.15, 0.2) is 17.1 Å². The summed E-state index contributed by atoms with van der Waals surface area (Å²) in [5.74, 6) is 1.67. The van der Waals surface area contributed by atoms with Crippen molar-refractivity contribution in [3.05, 3.63) is 21.9 Å². The molecule has 0 saturated carbocycles. The van der Waals surface area contributed by atoms with Crippen molar-refractivity contribution >= 4 is 58.9 Å². The van der Waals surface area contributed by atoms with Crippen LogP contribution in [-0.2, 0) is 9.53 Å². The van der Waals surface area contributed by atoms with Crippen LogP contribution in [0.2, 0.25) is 0 Å². The Morgan fingerprint density at radius 1 is 1.34 bits per heavy atom. The number of carbonyl (C=O) groups is 1. The fourth-order valence-corrected chi connectivity index (χ4v) is 4.18. The molecular formula is C19H34IN5O2S2. The van der Waals surface area contributed by atoms with Gasteiger partial charge in [0.2, 0.25) is 5.91 Å². The summed E-state index contributed by atoms with van der Waals surface area (Å²) in [7, 11) is 3.50. The van der Waals surface area contributed by atoms with E-state index in [-0.39, 0.29) is 42.5 Å². The minimum atomic E-state index is -0.00965. The number of amides is 1. The van der Waals surface area contributed by atoms with E-state index in [4.69, 9.17) is 4.74 Å². The summed E-state index contributed by atoms with van der Waals surface area (Å²) in [6.45, 7) is 7.22. The van der Waals surface area contributed by atoms with E-state index in [1.54, 1.807) is 30.8 Å². The average Bonchev–Trinajstić information content (AvgIpc) is 3.12. The van der Waals surface area contributed by atoms with E-state index >= 15 is 0 Å². The van der Waals surface area contributed by atoms with Gasteiger partial charge in [-0.3, -0.25) is 9.69 Å². The highest BCUT2D eigenvalue weighted by molar-refractivity contribution is 14.0. The number of carbonyl (C=O) groups excluding carboxylic acids is 1. The third-order valence-electron chi connectivity index (χ3n) is 4.51. The maximum Gasteiger partial charge on any atom is 0.243 e. The Hall–Kier alpha value is -0.560. The fraction of sp³-hybridized carbons (Fsp3) is 0.684. The van der Waals surface area contributed by atoms with Crippen molar-refractivity contribution in [2.75, 3.05) is 72.0 Å². The minimum Gasteiger partial charge on any atom is -0.379 e. The first-order valence-corrected chi connectivity index (χ1v) is 11.8. The van der Waals surface area contributed by atoms with E-state index in [0.717, 1.165) is 45.1 Å². The molecule has 29 heavy (non-hydrogen) atoms. The number of aliphatic imine (C=N–C) groups is 1. The lowest BCUT2D eigenvalue weighted by Crippen LogP contribution is -2.46. The van der Waals surface area contributed by atoms with Crippen LogP contribution in [0.5, 0.6) is 0 Å². The number of thioether (sulfide) groups is 1. The highest BCUT2D eigenvalue weighted by atomic mass is 127. The second-order valence-corrected chi connectivity index (χ2v) is 9.17. The van der Waals surface area contributed by atoms with Crippen molar-refractivity contribution in [1.82, 2.24) is 20.4 Å². The zero-order chi connectivity index (χ0) is 20.4. The van der Waals surface area contributed by atoms with Crippen LogP contribution in [0.3, 0.4) is 0 Å². The van der Waals surface area contributed by atoms with Gasteiger partial charge < -0.3 is 20.3 Å². The van der Waals surface area contributed by atoms with E-state index in [1.165, 1.54) is 9.75 Å². The van der Waals surface area contributed by atoms with Gasteiger partial charge in [-0.25, -0.2) is 4.99 Å². The molecule has 1 amide bonds. The largest absolute Gasteiger partial charge is 0.379 e. The van der Waals surface area contributed by atoms with Gasteiger partial charge in [0.1, 0.15) is 6.54 Å². The third kappa shape index (κ3) is 9.41. The quantitative estimate of drug-likeness (QED) is 0.211. The second-order valence-electron chi connectivity index (χ2n) is 6.87. The molecule has 0 radical (unpaired) electrons. The number of morpholine rings is 1. The molecule has 2 N–H and O–H groups in total. The molecule has 1 aliphatic heterocycles. The monoisotopic (exact) mass is 555 g/mol. The number of likely N-dealkylation sites (N-methyl/N-ethyl adjacent to an activating group) is 1. The molecule has 0 spiro atoms. The number of aryl methyl sites for hydroxylation is 1. The summed E-state index contributed by atoms with van der Waals surface area (Å²) in [5.41, 5.74) is 0. The highest BCUT2D eigenvalue weighted by Gasteiger charge is 2.24.